The largest absolute Gasteiger partial charge is 0.503 e. The lowest BCUT2D eigenvalue weighted by atomic mass is 9.91. The molecule has 0 aliphatic carbocycles. The molecule has 7 heteroatoms. The zero-order chi connectivity index (χ0) is 20.6. The van der Waals surface area contributed by atoms with Crippen LogP contribution in [0.5, 0.6) is 5.75 Å². The predicted molar refractivity (Wildman–Crippen MR) is 104 cm³/mol. The molecule has 2 aromatic rings. The smallest absolute Gasteiger partial charge is 0.294 e. The van der Waals surface area contributed by atoms with E-state index in [1.54, 1.807) is 32.0 Å². The van der Waals surface area contributed by atoms with Gasteiger partial charge in [-0.1, -0.05) is 43.6 Å². The van der Waals surface area contributed by atoms with Gasteiger partial charge < -0.3 is 9.84 Å². The first kappa shape index (κ1) is 19.9. The number of ether oxygens (including phenoxy) is 1. The fourth-order valence-electron chi connectivity index (χ4n) is 3.23. The predicted octanol–water partition coefficient (Wildman–Crippen LogP) is 4.61. The highest BCUT2D eigenvalue weighted by atomic mass is 35.5. The molecule has 2 aromatic carbocycles. The zero-order valence-electron chi connectivity index (χ0n) is 15.6. The summed E-state index contributed by atoms with van der Waals surface area (Å²) in [7, 11) is 1.46. The highest BCUT2D eigenvalue weighted by Crippen LogP contribution is 2.43. The molecule has 0 saturated carbocycles. The quantitative estimate of drug-likeness (QED) is 0.791. The average molecular weight is 404 g/mol. The molecule has 1 atom stereocenters. The minimum Gasteiger partial charge on any atom is -0.503 e. The molecule has 28 heavy (non-hydrogen) atoms. The molecule has 0 aromatic heterocycles. The maximum atomic E-state index is 14.6. The fourth-order valence-corrected chi connectivity index (χ4v) is 3.48. The number of hydrogen-bond acceptors (Lipinski definition) is 4. The van der Waals surface area contributed by atoms with E-state index < -0.39 is 35.2 Å². The van der Waals surface area contributed by atoms with Crippen LogP contribution in [0.4, 0.5) is 10.1 Å². The number of rotatable bonds is 5. The van der Waals surface area contributed by atoms with Crippen molar-refractivity contribution in [1.82, 2.24) is 0 Å². The van der Waals surface area contributed by atoms with Gasteiger partial charge in [0.05, 0.1) is 23.7 Å². The molecular formula is C21H19ClFNO4. The highest BCUT2D eigenvalue weighted by molar-refractivity contribution is 6.32. The molecule has 1 unspecified atom stereocenters. The Morgan fingerprint density at radius 3 is 2.50 bits per heavy atom. The topological polar surface area (TPSA) is 66.8 Å². The Bertz CT molecular complexity index is 986. The molecular weight excluding hydrogens is 385 g/mol. The van der Waals surface area contributed by atoms with Crippen LogP contribution in [-0.4, -0.2) is 23.9 Å². The van der Waals surface area contributed by atoms with E-state index in [1.165, 1.54) is 36.3 Å². The molecule has 0 fully saturated rings. The lowest BCUT2D eigenvalue weighted by Crippen LogP contribution is -2.32. The monoisotopic (exact) mass is 403 g/mol. The number of Topliss-reactive ketones (excluding diaryl/α,β-unsaturated/α-hetero) is 1. The summed E-state index contributed by atoms with van der Waals surface area (Å²) in [5.74, 6) is -2.58. The average Bonchev–Trinajstić information content (AvgIpc) is 2.92. The molecule has 0 spiro atoms. The molecule has 1 aliphatic heterocycles. The third-order valence-corrected chi connectivity index (χ3v) is 4.91. The third-order valence-electron chi connectivity index (χ3n) is 4.61. The second kappa shape index (κ2) is 7.64. The number of aliphatic hydroxyl groups excluding tert-OH is 1. The van der Waals surface area contributed by atoms with Crippen LogP contribution in [0.25, 0.3) is 0 Å². The number of nitrogens with zero attached hydrogens (tertiary/aromatic N) is 1. The van der Waals surface area contributed by atoms with Crippen molar-refractivity contribution in [1.29, 1.82) is 0 Å². The molecule has 5 nitrogen and oxygen atoms in total. The van der Waals surface area contributed by atoms with E-state index in [1.807, 2.05) is 0 Å². The van der Waals surface area contributed by atoms with Gasteiger partial charge in [0.25, 0.3) is 5.91 Å². The van der Waals surface area contributed by atoms with E-state index in [2.05, 4.69) is 0 Å². The lowest BCUT2D eigenvalue weighted by molar-refractivity contribution is -0.119. The second-order valence-corrected chi connectivity index (χ2v) is 7.11. The van der Waals surface area contributed by atoms with Crippen LogP contribution >= 0.6 is 11.6 Å². The minimum absolute atomic E-state index is 0.107. The Morgan fingerprint density at radius 2 is 1.93 bits per heavy atom. The summed E-state index contributed by atoms with van der Waals surface area (Å²) >= 11 is 6.19. The van der Waals surface area contributed by atoms with Crippen molar-refractivity contribution in [2.75, 3.05) is 12.0 Å². The van der Waals surface area contributed by atoms with Crippen LogP contribution in [0.1, 0.15) is 25.5 Å². The van der Waals surface area contributed by atoms with Gasteiger partial charge in [-0.25, -0.2) is 4.39 Å². The van der Waals surface area contributed by atoms with Crippen molar-refractivity contribution in [3.8, 4) is 5.75 Å². The Hall–Kier alpha value is -2.86. The van der Waals surface area contributed by atoms with Crippen molar-refractivity contribution in [2.24, 2.45) is 5.92 Å². The van der Waals surface area contributed by atoms with Crippen molar-refractivity contribution in [3.63, 3.8) is 0 Å². The Balaban J connectivity index is 2.22. The first-order valence-electron chi connectivity index (χ1n) is 8.66. The number of ketones is 1. The van der Waals surface area contributed by atoms with Crippen molar-refractivity contribution in [2.45, 2.75) is 19.9 Å². The summed E-state index contributed by atoms with van der Waals surface area (Å²) in [5, 5.41) is 10.7. The molecule has 0 bridgehead atoms. The second-order valence-electron chi connectivity index (χ2n) is 6.70. The maximum Gasteiger partial charge on any atom is 0.294 e. The van der Waals surface area contributed by atoms with Gasteiger partial charge in [0.1, 0.15) is 11.6 Å². The van der Waals surface area contributed by atoms with Gasteiger partial charge >= 0.3 is 0 Å². The van der Waals surface area contributed by atoms with Gasteiger partial charge in [-0.3, -0.25) is 14.5 Å². The normalized spacial score (nSPS) is 16.9. The van der Waals surface area contributed by atoms with Gasteiger partial charge in [-0.15, -0.1) is 0 Å². The molecule has 1 heterocycles. The SMILES string of the molecule is COc1ccc(N2C(=O)C(O)=C(C(=O)C(C)C)C2c2ccccc2F)cc1Cl. The molecule has 1 amide bonds. The lowest BCUT2D eigenvalue weighted by Gasteiger charge is -2.28. The standard InChI is InChI=1S/C21H19ClFNO4/c1-11(2)19(25)17-18(13-6-4-5-7-15(13)23)24(21(27)20(17)26)12-8-9-16(28-3)14(22)10-12/h4-11,18,26H,1-3H3. The van der Waals surface area contributed by atoms with Gasteiger partial charge in [-0.2, -0.15) is 0 Å². The minimum atomic E-state index is -1.10. The van der Waals surface area contributed by atoms with Crippen LogP contribution in [0.3, 0.4) is 0 Å². The number of amides is 1. The van der Waals surface area contributed by atoms with Crippen LogP contribution < -0.4 is 9.64 Å². The first-order chi connectivity index (χ1) is 13.3. The van der Waals surface area contributed by atoms with E-state index in [0.717, 1.165) is 0 Å². The summed E-state index contributed by atoms with van der Waals surface area (Å²) in [4.78, 5) is 26.8. The maximum absolute atomic E-state index is 14.6. The summed E-state index contributed by atoms with van der Waals surface area (Å²) in [5.41, 5.74) is 0.287. The summed E-state index contributed by atoms with van der Waals surface area (Å²) in [6.07, 6.45) is 0. The number of halogens is 2. The van der Waals surface area contributed by atoms with E-state index in [0.29, 0.717) is 11.4 Å². The Labute approximate surface area is 167 Å². The Morgan fingerprint density at radius 1 is 1.25 bits per heavy atom. The molecule has 146 valence electrons. The first-order valence-corrected chi connectivity index (χ1v) is 9.04. The summed E-state index contributed by atoms with van der Waals surface area (Å²) < 4.78 is 19.7. The molecule has 1 aliphatic rings. The fraction of sp³-hybridized carbons (Fsp3) is 0.238. The number of carbonyl (C=O) groups is 2. The number of hydrogen-bond donors (Lipinski definition) is 1. The number of aliphatic hydroxyl groups is 1. The van der Waals surface area contributed by atoms with Gasteiger partial charge in [0, 0.05) is 17.2 Å². The molecule has 0 radical (unpaired) electrons. The Kier molecular flexibility index (Phi) is 5.42. The van der Waals surface area contributed by atoms with Crippen LogP contribution in [0.15, 0.2) is 53.8 Å². The number of carbonyl (C=O) groups excluding carboxylic acids is 2. The zero-order valence-corrected chi connectivity index (χ0v) is 16.3. The van der Waals surface area contributed by atoms with Crippen molar-refractivity contribution >= 4 is 29.0 Å². The molecule has 1 N–H and O–H groups in total. The van der Waals surface area contributed by atoms with E-state index in [9.17, 15) is 19.1 Å². The van der Waals surface area contributed by atoms with Crippen molar-refractivity contribution < 1.29 is 23.8 Å². The molecule has 0 saturated heterocycles. The van der Waals surface area contributed by atoms with Gasteiger partial charge in [-0.05, 0) is 24.3 Å². The van der Waals surface area contributed by atoms with Gasteiger partial charge in [0.15, 0.2) is 11.5 Å². The van der Waals surface area contributed by atoms with E-state index in [-0.39, 0.29) is 16.2 Å². The van der Waals surface area contributed by atoms with Crippen LogP contribution in [0, 0.1) is 11.7 Å². The molecule has 3 rings (SSSR count). The highest BCUT2D eigenvalue weighted by Gasteiger charge is 2.45. The van der Waals surface area contributed by atoms with E-state index in [4.69, 9.17) is 16.3 Å². The van der Waals surface area contributed by atoms with Gasteiger partial charge in [0.2, 0.25) is 0 Å². The number of methoxy groups -OCH3 is 1. The van der Waals surface area contributed by atoms with Crippen molar-refractivity contribution in [3.05, 3.63) is 70.2 Å². The van der Waals surface area contributed by atoms with E-state index >= 15 is 0 Å². The summed E-state index contributed by atoms with van der Waals surface area (Å²) in [6, 6.07) is 9.33. The summed E-state index contributed by atoms with van der Waals surface area (Å²) in [6.45, 7) is 3.30. The van der Waals surface area contributed by atoms with Crippen LogP contribution in [-0.2, 0) is 9.59 Å². The third kappa shape index (κ3) is 3.24. The van der Waals surface area contributed by atoms with Crippen LogP contribution in [0.2, 0.25) is 5.02 Å². The number of anilines is 1. The number of benzene rings is 2.